The predicted molar refractivity (Wildman–Crippen MR) is 152 cm³/mol. The van der Waals surface area contributed by atoms with Gasteiger partial charge >= 0.3 is 0 Å². The number of amides is 1. The number of rotatable bonds is 8. The highest BCUT2D eigenvalue weighted by Gasteiger charge is 2.20. The number of benzene rings is 2. The second-order valence-corrected chi connectivity index (χ2v) is 10.9. The van der Waals surface area contributed by atoms with Gasteiger partial charge in [0.05, 0.1) is 18.0 Å². The van der Waals surface area contributed by atoms with Crippen molar-refractivity contribution in [2.24, 2.45) is 0 Å². The largest absolute Gasteiger partial charge is 0.494 e. The van der Waals surface area contributed by atoms with Gasteiger partial charge in [-0.3, -0.25) is 18.7 Å². The summed E-state index contributed by atoms with van der Waals surface area (Å²) in [5.41, 5.74) is 2.66. The van der Waals surface area contributed by atoms with Crippen molar-refractivity contribution in [3.8, 4) is 17.1 Å². The summed E-state index contributed by atoms with van der Waals surface area (Å²) in [5.74, 6) is 1.35. The molecule has 0 aliphatic heterocycles. The molecule has 1 amide bonds. The van der Waals surface area contributed by atoms with Crippen LogP contribution in [0.25, 0.3) is 21.7 Å². The van der Waals surface area contributed by atoms with Crippen LogP contribution in [0, 0.1) is 17.8 Å². The van der Waals surface area contributed by atoms with Gasteiger partial charge in [-0.15, -0.1) is 0 Å². The summed E-state index contributed by atoms with van der Waals surface area (Å²) in [7, 11) is 0. The third-order valence-corrected chi connectivity index (χ3v) is 7.79. The third kappa shape index (κ3) is 5.28. The average Bonchev–Trinajstić information content (AvgIpc) is 3.46. The number of hydrogen-bond acceptors (Lipinski definition) is 9. The van der Waals surface area contributed by atoms with Crippen LogP contribution in [-0.4, -0.2) is 37.5 Å². The first-order valence-corrected chi connectivity index (χ1v) is 13.9. The summed E-state index contributed by atoms with van der Waals surface area (Å²) in [6.45, 7) is 6.20. The van der Waals surface area contributed by atoms with E-state index in [0.717, 1.165) is 28.8 Å². The number of aryl methyl sites for hydroxylation is 2. The van der Waals surface area contributed by atoms with E-state index in [1.165, 1.54) is 15.9 Å². The van der Waals surface area contributed by atoms with Gasteiger partial charge in [-0.1, -0.05) is 46.0 Å². The van der Waals surface area contributed by atoms with E-state index in [-0.39, 0.29) is 17.2 Å². The molecule has 0 saturated carbocycles. The van der Waals surface area contributed by atoms with Crippen molar-refractivity contribution in [3.05, 3.63) is 80.2 Å². The SMILES string of the molecule is CCOc1ccc(-n2c(=S)sc3c(=O)n(-c4ccc(C)cc4)c(SCC(=O)Nc4cc(C)on4)nc32)cc1. The number of aromatic nitrogens is 4. The number of carbonyl (C=O) groups is 1. The van der Waals surface area contributed by atoms with Crippen LogP contribution in [0.3, 0.4) is 0 Å². The summed E-state index contributed by atoms with van der Waals surface area (Å²) in [5, 5.41) is 6.86. The van der Waals surface area contributed by atoms with Crippen molar-refractivity contribution >= 4 is 57.4 Å². The van der Waals surface area contributed by atoms with Crippen LogP contribution in [0.1, 0.15) is 18.2 Å². The number of nitrogens with one attached hydrogen (secondary N) is 1. The quantitative estimate of drug-likeness (QED) is 0.145. The molecule has 3 aromatic heterocycles. The van der Waals surface area contributed by atoms with Crippen molar-refractivity contribution in [1.29, 1.82) is 0 Å². The molecule has 194 valence electrons. The lowest BCUT2D eigenvalue weighted by Crippen LogP contribution is -2.22. The Morgan fingerprint density at radius 3 is 2.45 bits per heavy atom. The maximum atomic E-state index is 13.8. The zero-order valence-corrected chi connectivity index (χ0v) is 23.2. The molecule has 0 saturated heterocycles. The van der Waals surface area contributed by atoms with Crippen LogP contribution >= 0.6 is 35.3 Å². The predicted octanol–water partition coefficient (Wildman–Crippen LogP) is 5.70. The van der Waals surface area contributed by atoms with Crippen molar-refractivity contribution in [2.75, 3.05) is 17.7 Å². The number of thiazole rings is 1. The lowest BCUT2D eigenvalue weighted by molar-refractivity contribution is -0.113. The number of fused-ring (bicyclic) bond motifs is 1. The van der Waals surface area contributed by atoms with Crippen LogP contribution in [0.5, 0.6) is 5.75 Å². The number of carbonyl (C=O) groups excluding carboxylic acids is 1. The molecule has 0 aliphatic carbocycles. The Kier molecular flexibility index (Phi) is 7.45. The summed E-state index contributed by atoms with van der Waals surface area (Å²) in [4.78, 5) is 31.3. The first kappa shape index (κ1) is 25.9. The number of ether oxygens (including phenoxy) is 1. The number of thioether (sulfide) groups is 1. The Morgan fingerprint density at radius 1 is 1.11 bits per heavy atom. The van der Waals surface area contributed by atoms with Crippen molar-refractivity contribution in [3.63, 3.8) is 0 Å². The third-order valence-electron chi connectivity index (χ3n) is 5.50. The van der Waals surface area contributed by atoms with Crippen molar-refractivity contribution in [1.82, 2.24) is 19.3 Å². The minimum absolute atomic E-state index is 0.00361. The molecule has 0 radical (unpaired) electrons. The number of nitrogens with zero attached hydrogens (tertiary/aromatic N) is 4. The first-order chi connectivity index (χ1) is 18.3. The number of anilines is 1. The monoisotopic (exact) mass is 565 g/mol. The summed E-state index contributed by atoms with van der Waals surface area (Å²) < 4.78 is 14.8. The minimum Gasteiger partial charge on any atom is -0.494 e. The second kappa shape index (κ2) is 10.9. The molecule has 0 aliphatic rings. The van der Waals surface area contributed by atoms with E-state index in [2.05, 4.69) is 10.5 Å². The smallest absolute Gasteiger partial charge is 0.278 e. The topological polar surface area (TPSA) is 104 Å². The highest BCUT2D eigenvalue weighted by Crippen LogP contribution is 2.28. The van der Waals surface area contributed by atoms with Crippen LogP contribution in [0.4, 0.5) is 5.82 Å². The Hall–Kier alpha value is -3.74. The standard InChI is InChI=1S/C26H23N5O4S3/c1-4-34-19-11-9-17(10-12-19)30-23-22(38-26(30)36)24(33)31(18-7-5-15(2)6-8-18)25(28-23)37-14-21(32)27-20-13-16(3)35-29-20/h5-13H,4,14H2,1-3H3,(H,27,29,32). The van der Waals surface area contributed by atoms with Gasteiger partial charge in [-0.25, -0.2) is 4.98 Å². The summed E-state index contributed by atoms with van der Waals surface area (Å²) in [6, 6.07) is 16.6. The van der Waals surface area contributed by atoms with Gasteiger partial charge in [0.2, 0.25) is 5.91 Å². The molecule has 0 bridgehead atoms. The van der Waals surface area contributed by atoms with E-state index < -0.39 is 0 Å². The molecule has 0 unspecified atom stereocenters. The molecule has 5 aromatic rings. The fourth-order valence-corrected chi connectivity index (χ4v) is 5.88. The summed E-state index contributed by atoms with van der Waals surface area (Å²) in [6.07, 6.45) is 0. The Bertz CT molecular complexity index is 1730. The van der Waals surface area contributed by atoms with Crippen LogP contribution in [0.2, 0.25) is 0 Å². The number of hydrogen-bond donors (Lipinski definition) is 1. The summed E-state index contributed by atoms with van der Waals surface area (Å²) >= 11 is 8.01. The lowest BCUT2D eigenvalue weighted by Gasteiger charge is -2.13. The second-order valence-electron chi connectivity index (χ2n) is 8.31. The van der Waals surface area contributed by atoms with Gasteiger partial charge in [-0.2, -0.15) is 0 Å². The average molecular weight is 566 g/mol. The van der Waals surface area contributed by atoms with E-state index in [1.807, 2.05) is 62.4 Å². The molecule has 0 spiro atoms. The van der Waals surface area contributed by atoms with Gasteiger partial charge in [0, 0.05) is 11.8 Å². The fourth-order valence-electron chi connectivity index (χ4n) is 3.77. The molecule has 0 fully saturated rings. The molecular formula is C26H23N5O4S3. The molecule has 2 aromatic carbocycles. The maximum absolute atomic E-state index is 13.8. The Labute approximate surface area is 231 Å². The van der Waals surface area contributed by atoms with Gasteiger partial charge in [0.25, 0.3) is 5.56 Å². The normalized spacial score (nSPS) is 11.1. The van der Waals surface area contributed by atoms with Gasteiger partial charge < -0.3 is 14.6 Å². The molecule has 12 heteroatoms. The molecule has 1 N–H and O–H groups in total. The van der Waals surface area contributed by atoms with E-state index in [4.69, 9.17) is 26.5 Å². The van der Waals surface area contributed by atoms with Crippen molar-refractivity contribution in [2.45, 2.75) is 25.9 Å². The van der Waals surface area contributed by atoms with Crippen molar-refractivity contribution < 1.29 is 14.1 Å². The molecular weight excluding hydrogens is 543 g/mol. The molecule has 38 heavy (non-hydrogen) atoms. The molecule has 5 rings (SSSR count). The zero-order valence-electron chi connectivity index (χ0n) is 20.8. The van der Waals surface area contributed by atoms with Gasteiger partial charge in [0.1, 0.15) is 16.2 Å². The molecule has 0 atom stereocenters. The molecule has 9 nitrogen and oxygen atoms in total. The van der Waals surface area contributed by atoms with Crippen LogP contribution in [-0.2, 0) is 4.79 Å². The maximum Gasteiger partial charge on any atom is 0.278 e. The van der Waals surface area contributed by atoms with Gasteiger partial charge in [0.15, 0.2) is 20.6 Å². The fraction of sp³-hybridized carbons (Fsp3) is 0.192. The molecule has 3 heterocycles. The lowest BCUT2D eigenvalue weighted by atomic mass is 10.2. The van der Waals surface area contributed by atoms with E-state index in [9.17, 15) is 9.59 Å². The first-order valence-electron chi connectivity index (χ1n) is 11.7. The zero-order chi connectivity index (χ0) is 26.8. The Balaban J connectivity index is 1.59. The highest BCUT2D eigenvalue weighted by atomic mass is 32.2. The minimum atomic E-state index is -0.304. The van der Waals surface area contributed by atoms with E-state index in [0.29, 0.717) is 43.3 Å². The van der Waals surface area contributed by atoms with Crippen LogP contribution < -0.4 is 15.6 Å². The Morgan fingerprint density at radius 2 is 1.79 bits per heavy atom. The van der Waals surface area contributed by atoms with E-state index >= 15 is 0 Å². The van der Waals surface area contributed by atoms with E-state index in [1.54, 1.807) is 17.6 Å². The highest BCUT2D eigenvalue weighted by molar-refractivity contribution is 7.99. The van der Waals surface area contributed by atoms with Crippen LogP contribution in [0.15, 0.2) is 69.1 Å². The van der Waals surface area contributed by atoms with Gasteiger partial charge in [-0.05, 0) is 69.4 Å².